The van der Waals surface area contributed by atoms with Gasteiger partial charge in [-0.2, -0.15) is 0 Å². The summed E-state index contributed by atoms with van der Waals surface area (Å²) in [7, 11) is 0. The summed E-state index contributed by atoms with van der Waals surface area (Å²) < 4.78 is 18.5. The van der Waals surface area contributed by atoms with Gasteiger partial charge in [0.15, 0.2) is 0 Å². The number of rotatable bonds is 5. The molecule has 0 aliphatic rings. The lowest BCUT2D eigenvalue weighted by Crippen LogP contribution is -2.18. The first-order valence-corrected chi connectivity index (χ1v) is 5.62. The molecule has 0 bridgehead atoms. The van der Waals surface area contributed by atoms with Gasteiger partial charge < -0.3 is 9.84 Å². The van der Waals surface area contributed by atoms with E-state index >= 15 is 0 Å². The number of halogens is 2. The van der Waals surface area contributed by atoms with Gasteiger partial charge in [-0.3, -0.25) is 0 Å². The lowest BCUT2D eigenvalue weighted by atomic mass is 10.1. The molecule has 0 saturated carbocycles. The molecule has 1 aromatic rings. The van der Waals surface area contributed by atoms with Crippen LogP contribution in [0.4, 0.5) is 4.39 Å². The topological polar surface area (TPSA) is 29.5 Å². The van der Waals surface area contributed by atoms with E-state index in [4.69, 9.17) is 4.74 Å². The van der Waals surface area contributed by atoms with Crippen LogP contribution in [0.2, 0.25) is 0 Å². The van der Waals surface area contributed by atoms with Gasteiger partial charge in [0.25, 0.3) is 0 Å². The fourth-order valence-corrected chi connectivity index (χ4v) is 1.77. The monoisotopic (exact) mass is 276 g/mol. The van der Waals surface area contributed by atoms with E-state index in [0.29, 0.717) is 24.1 Å². The molecule has 1 aromatic carbocycles. The highest BCUT2D eigenvalue weighted by molar-refractivity contribution is 9.10. The third-order valence-corrected chi connectivity index (χ3v) is 2.72. The lowest BCUT2D eigenvalue weighted by Gasteiger charge is -2.11. The van der Waals surface area contributed by atoms with Gasteiger partial charge in [0, 0.05) is 17.5 Å². The van der Waals surface area contributed by atoms with Gasteiger partial charge in [-0.05, 0) is 24.6 Å². The van der Waals surface area contributed by atoms with Crippen molar-refractivity contribution in [3.05, 3.63) is 34.1 Å². The minimum Gasteiger partial charge on any atom is -0.390 e. The molecule has 0 radical (unpaired) electrons. The zero-order valence-electron chi connectivity index (χ0n) is 8.54. The Kier molecular flexibility index (Phi) is 5.22. The molecule has 0 heterocycles. The normalized spacial score (nSPS) is 12.8. The molecule has 1 unspecified atom stereocenters. The molecule has 0 fully saturated rings. The van der Waals surface area contributed by atoms with Crippen molar-refractivity contribution in [2.75, 3.05) is 13.2 Å². The van der Waals surface area contributed by atoms with Crippen molar-refractivity contribution in [1.82, 2.24) is 0 Å². The summed E-state index contributed by atoms with van der Waals surface area (Å²) >= 11 is 3.25. The summed E-state index contributed by atoms with van der Waals surface area (Å²) in [5, 5.41) is 9.59. The molecule has 1 atom stereocenters. The smallest absolute Gasteiger partial charge is 0.124 e. The maximum absolute atomic E-state index is 12.8. The zero-order valence-corrected chi connectivity index (χ0v) is 10.1. The number of hydrogen-bond donors (Lipinski definition) is 1. The van der Waals surface area contributed by atoms with Crippen molar-refractivity contribution in [2.24, 2.45) is 0 Å². The quantitative estimate of drug-likeness (QED) is 0.896. The first kappa shape index (κ1) is 12.6. The number of aliphatic hydroxyl groups is 1. The van der Waals surface area contributed by atoms with Crippen LogP contribution < -0.4 is 0 Å². The van der Waals surface area contributed by atoms with Crippen LogP contribution in [0.5, 0.6) is 0 Å². The highest BCUT2D eigenvalue weighted by Gasteiger charge is 2.08. The van der Waals surface area contributed by atoms with E-state index in [2.05, 4.69) is 15.9 Å². The molecule has 0 aromatic heterocycles. The van der Waals surface area contributed by atoms with Crippen molar-refractivity contribution in [2.45, 2.75) is 19.4 Å². The third kappa shape index (κ3) is 4.28. The highest BCUT2D eigenvalue weighted by Crippen LogP contribution is 2.19. The molecule has 0 spiro atoms. The van der Waals surface area contributed by atoms with Crippen molar-refractivity contribution in [3.8, 4) is 0 Å². The van der Waals surface area contributed by atoms with Gasteiger partial charge in [0.1, 0.15) is 5.82 Å². The summed E-state index contributed by atoms with van der Waals surface area (Å²) in [4.78, 5) is 0. The van der Waals surface area contributed by atoms with Gasteiger partial charge in [0.05, 0.1) is 12.7 Å². The third-order valence-electron chi connectivity index (χ3n) is 1.99. The van der Waals surface area contributed by atoms with Gasteiger partial charge >= 0.3 is 0 Å². The van der Waals surface area contributed by atoms with Crippen LogP contribution in [0.15, 0.2) is 22.7 Å². The predicted molar refractivity (Wildman–Crippen MR) is 60.3 cm³/mol. The van der Waals surface area contributed by atoms with Crippen LogP contribution >= 0.6 is 15.9 Å². The Morgan fingerprint density at radius 3 is 2.87 bits per heavy atom. The molecular weight excluding hydrogens is 263 g/mol. The van der Waals surface area contributed by atoms with Crippen LogP contribution in [0, 0.1) is 5.82 Å². The van der Waals surface area contributed by atoms with Crippen LogP contribution in [-0.2, 0) is 11.2 Å². The summed E-state index contributed by atoms with van der Waals surface area (Å²) in [6, 6.07) is 4.44. The van der Waals surface area contributed by atoms with Gasteiger partial charge in [0.2, 0.25) is 0 Å². The van der Waals surface area contributed by atoms with Crippen LogP contribution in [0.25, 0.3) is 0 Å². The molecule has 84 valence electrons. The molecule has 1 rings (SSSR count). The molecule has 0 aliphatic carbocycles. The summed E-state index contributed by atoms with van der Waals surface area (Å²) in [5.74, 6) is -0.287. The second-order valence-corrected chi connectivity index (χ2v) is 4.11. The van der Waals surface area contributed by atoms with E-state index in [9.17, 15) is 9.50 Å². The summed E-state index contributed by atoms with van der Waals surface area (Å²) in [6.45, 7) is 2.77. The maximum atomic E-state index is 12.8. The van der Waals surface area contributed by atoms with Crippen LogP contribution in [0.1, 0.15) is 12.5 Å². The van der Waals surface area contributed by atoms with E-state index < -0.39 is 6.10 Å². The zero-order chi connectivity index (χ0) is 11.3. The van der Waals surface area contributed by atoms with E-state index in [1.54, 1.807) is 6.07 Å². The standard InChI is InChI=1S/C11H14BrFO2/c1-2-15-7-10(14)5-8-3-4-9(13)6-11(8)12/h3-4,6,10,14H,2,5,7H2,1H3. The molecule has 0 saturated heterocycles. The Labute approximate surface area is 97.2 Å². The number of ether oxygens (including phenoxy) is 1. The van der Waals surface area contributed by atoms with Gasteiger partial charge in [-0.25, -0.2) is 4.39 Å². The molecule has 0 amide bonds. The van der Waals surface area contributed by atoms with Gasteiger partial charge in [-0.1, -0.05) is 22.0 Å². The number of benzene rings is 1. The molecule has 0 aliphatic heterocycles. The second-order valence-electron chi connectivity index (χ2n) is 3.25. The first-order valence-electron chi connectivity index (χ1n) is 4.83. The highest BCUT2D eigenvalue weighted by atomic mass is 79.9. The van der Waals surface area contributed by atoms with Crippen molar-refractivity contribution < 1.29 is 14.2 Å². The van der Waals surface area contributed by atoms with Crippen molar-refractivity contribution in [1.29, 1.82) is 0 Å². The summed E-state index contributed by atoms with van der Waals surface area (Å²) in [6.07, 6.45) is -0.0902. The van der Waals surface area contributed by atoms with Crippen LogP contribution in [0.3, 0.4) is 0 Å². The van der Waals surface area contributed by atoms with Crippen molar-refractivity contribution >= 4 is 15.9 Å². The van der Waals surface area contributed by atoms with Crippen LogP contribution in [-0.4, -0.2) is 24.4 Å². The average Bonchev–Trinajstić information content (AvgIpc) is 2.19. The Morgan fingerprint density at radius 2 is 2.27 bits per heavy atom. The predicted octanol–water partition coefficient (Wildman–Crippen LogP) is 2.53. The molecule has 2 nitrogen and oxygen atoms in total. The number of aliphatic hydroxyl groups excluding tert-OH is 1. The fraction of sp³-hybridized carbons (Fsp3) is 0.455. The Bertz CT molecular complexity index is 317. The average molecular weight is 277 g/mol. The molecule has 4 heteroatoms. The molecule has 15 heavy (non-hydrogen) atoms. The minimum absolute atomic E-state index is 0.287. The van der Waals surface area contributed by atoms with Gasteiger partial charge in [-0.15, -0.1) is 0 Å². The Hall–Kier alpha value is -0.450. The summed E-state index contributed by atoms with van der Waals surface area (Å²) in [5.41, 5.74) is 0.878. The molecule has 1 N–H and O–H groups in total. The number of hydrogen-bond acceptors (Lipinski definition) is 2. The fourth-order valence-electron chi connectivity index (χ4n) is 1.25. The van der Waals surface area contributed by atoms with E-state index in [0.717, 1.165) is 5.56 Å². The minimum atomic E-state index is -0.549. The van der Waals surface area contributed by atoms with E-state index in [1.165, 1.54) is 12.1 Å². The first-order chi connectivity index (χ1) is 7.13. The maximum Gasteiger partial charge on any atom is 0.124 e. The Balaban J connectivity index is 2.56. The van der Waals surface area contributed by atoms with E-state index in [1.807, 2.05) is 6.92 Å². The lowest BCUT2D eigenvalue weighted by molar-refractivity contribution is 0.0429. The largest absolute Gasteiger partial charge is 0.390 e. The SMILES string of the molecule is CCOCC(O)Cc1ccc(F)cc1Br. The van der Waals surface area contributed by atoms with E-state index in [-0.39, 0.29) is 5.82 Å². The Morgan fingerprint density at radius 1 is 1.53 bits per heavy atom. The van der Waals surface area contributed by atoms with Crippen molar-refractivity contribution in [3.63, 3.8) is 0 Å². The second kappa shape index (κ2) is 6.20. The molecular formula is C11H14BrFO2.